The van der Waals surface area contributed by atoms with Gasteiger partial charge in [0, 0.05) is 4.90 Å². The molecule has 0 aliphatic rings. The molecular weight excluding hydrogens is 283 g/mol. The number of Topliss-reactive ketones (excluding diaryl/α,β-unsaturated/α-hetero) is 1. The standard InChI is InChI=1S/C15H12ClFOS/c1-19-11-6-4-5-10(9-11)14(16)15(18)12-7-2-3-8-13(12)17/h2-9,14H,1H3. The molecule has 0 amide bonds. The van der Waals surface area contributed by atoms with Crippen molar-refractivity contribution in [1.29, 1.82) is 0 Å². The van der Waals surface area contributed by atoms with E-state index in [2.05, 4.69) is 0 Å². The van der Waals surface area contributed by atoms with E-state index in [0.717, 1.165) is 4.90 Å². The molecular formula is C15H12ClFOS. The summed E-state index contributed by atoms with van der Waals surface area (Å²) in [5.74, 6) is -0.961. The first-order valence-electron chi connectivity index (χ1n) is 5.70. The number of halogens is 2. The molecule has 0 radical (unpaired) electrons. The highest BCUT2D eigenvalue weighted by Gasteiger charge is 2.22. The van der Waals surface area contributed by atoms with Gasteiger partial charge in [0.15, 0.2) is 5.78 Å². The van der Waals surface area contributed by atoms with Crippen molar-refractivity contribution in [1.82, 2.24) is 0 Å². The lowest BCUT2D eigenvalue weighted by atomic mass is 10.0. The number of rotatable bonds is 4. The van der Waals surface area contributed by atoms with Gasteiger partial charge in [0.25, 0.3) is 0 Å². The number of ketones is 1. The summed E-state index contributed by atoms with van der Waals surface area (Å²) in [6, 6.07) is 13.3. The van der Waals surface area contributed by atoms with Gasteiger partial charge >= 0.3 is 0 Å². The van der Waals surface area contributed by atoms with Crippen LogP contribution in [-0.4, -0.2) is 12.0 Å². The molecule has 98 valence electrons. The van der Waals surface area contributed by atoms with Gasteiger partial charge in [-0.25, -0.2) is 4.39 Å². The molecule has 0 spiro atoms. The molecule has 0 saturated carbocycles. The summed E-state index contributed by atoms with van der Waals surface area (Å²) in [4.78, 5) is 13.2. The quantitative estimate of drug-likeness (QED) is 0.461. The molecule has 0 aliphatic heterocycles. The molecule has 4 heteroatoms. The van der Waals surface area contributed by atoms with Crippen LogP contribution in [0.15, 0.2) is 53.4 Å². The minimum absolute atomic E-state index is 0.0251. The van der Waals surface area contributed by atoms with Crippen molar-refractivity contribution in [3.8, 4) is 0 Å². The highest BCUT2D eigenvalue weighted by molar-refractivity contribution is 7.98. The van der Waals surface area contributed by atoms with E-state index in [-0.39, 0.29) is 5.56 Å². The Morgan fingerprint density at radius 1 is 1.21 bits per heavy atom. The van der Waals surface area contributed by atoms with Crippen LogP contribution in [-0.2, 0) is 0 Å². The zero-order chi connectivity index (χ0) is 13.8. The van der Waals surface area contributed by atoms with Crippen molar-refractivity contribution in [2.45, 2.75) is 10.3 Å². The Balaban J connectivity index is 2.31. The van der Waals surface area contributed by atoms with Crippen molar-refractivity contribution in [2.75, 3.05) is 6.26 Å². The maximum absolute atomic E-state index is 13.6. The Kier molecular flexibility index (Phi) is 4.61. The fourth-order valence-corrected chi connectivity index (χ4v) is 2.47. The van der Waals surface area contributed by atoms with Crippen LogP contribution in [0.25, 0.3) is 0 Å². The first-order valence-corrected chi connectivity index (χ1v) is 7.36. The fourth-order valence-electron chi connectivity index (χ4n) is 1.75. The smallest absolute Gasteiger partial charge is 0.188 e. The Labute approximate surface area is 120 Å². The van der Waals surface area contributed by atoms with Gasteiger partial charge in [-0.1, -0.05) is 24.3 Å². The molecule has 0 fully saturated rings. The van der Waals surface area contributed by atoms with E-state index in [0.29, 0.717) is 5.56 Å². The van der Waals surface area contributed by atoms with Crippen molar-refractivity contribution in [2.24, 2.45) is 0 Å². The van der Waals surface area contributed by atoms with Gasteiger partial charge in [-0.05, 0) is 36.1 Å². The van der Waals surface area contributed by atoms with Crippen LogP contribution in [0.5, 0.6) is 0 Å². The average molecular weight is 295 g/mol. The van der Waals surface area contributed by atoms with Gasteiger partial charge in [-0.3, -0.25) is 4.79 Å². The lowest BCUT2D eigenvalue weighted by molar-refractivity contribution is 0.0983. The van der Waals surface area contributed by atoms with Crippen LogP contribution in [0.4, 0.5) is 4.39 Å². The zero-order valence-electron chi connectivity index (χ0n) is 10.3. The summed E-state index contributed by atoms with van der Waals surface area (Å²) < 4.78 is 13.6. The van der Waals surface area contributed by atoms with Gasteiger partial charge in [-0.15, -0.1) is 23.4 Å². The van der Waals surface area contributed by atoms with Gasteiger partial charge in [0.05, 0.1) is 5.56 Å². The summed E-state index contributed by atoms with van der Waals surface area (Å²) in [5, 5.41) is -0.871. The Bertz CT molecular complexity index is 600. The molecule has 2 aromatic rings. The normalized spacial score (nSPS) is 12.2. The number of carbonyl (C=O) groups excluding carboxylic acids is 1. The Morgan fingerprint density at radius 3 is 2.63 bits per heavy atom. The monoisotopic (exact) mass is 294 g/mol. The molecule has 0 aromatic heterocycles. The van der Waals surface area contributed by atoms with E-state index in [4.69, 9.17) is 11.6 Å². The molecule has 2 aromatic carbocycles. The second-order valence-corrected chi connectivity index (χ2v) is 5.30. The number of alkyl halides is 1. The first-order chi connectivity index (χ1) is 9.13. The molecule has 19 heavy (non-hydrogen) atoms. The third-order valence-corrected chi connectivity index (χ3v) is 3.93. The van der Waals surface area contributed by atoms with Crippen molar-refractivity contribution < 1.29 is 9.18 Å². The average Bonchev–Trinajstić information content (AvgIpc) is 2.46. The Hall–Kier alpha value is -1.32. The fraction of sp³-hybridized carbons (Fsp3) is 0.133. The summed E-state index contributed by atoms with van der Waals surface area (Å²) in [7, 11) is 0. The van der Waals surface area contributed by atoms with Crippen LogP contribution in [0.3, 0.4) is 0 Å². The number of carbonyl (C=O) groups is 1. The highest BCUT2D eigenvalue weighted by Crippen LogP contribution is 2.28. The largest absolute Gasteiger partial charge is 0.292 e. The minimum Gasteiger partial charge on any atom is -0.292 e. The predicted molar refractivity (Wildman–Crippen MR) is 77.5 cm³/mol. The predicted octanol–water partition coefficient (Wildman–Crippen LogP) is 4.71. The second-order valence-electron chi connectivity index (χ2n) is 3.98. The van der Waals surface area contributed by atoms with E-state index >= 15 is 0 Å². The summed E-state index contributed by atoms with van der Waals surface area (Å²) >= 11 is 7.73. The zero-order valence-corrected chi connectivity index (χ0v) is 11.8. The molecule has 0 aliphatic carbocycles. The third kappa shape index (κ3) is 3.17. The first kappa shape index (κ1) is 14.1. The summed E-state index contributed by atoms with van der Waals surface area (Å²) in [6.45, 7) is 0. The van der Waals surface area contributed by atoms with Gasteiger partial charge in [0.2, 0.25) is 0 Å². The van der Waals surface area contributed by atoms with Crippen LogP contribution in [0.1, 0.15) is 21.3 Å². The maximum Gasteiger partial charge on any atom is 0.188 e. The molecule has 1 nitrogen and oxygen atoms in total. The molecule has 2 rings (SSSR count). The van der Waals surface area contributed by atoms with E-state index < -0.39 is 17.0 Å². The minimum atomic E-state index is -0.871. The lowest BCUT2D eigenvalue weighted by Crippen LogP contribution is -2.09. The van der Waals surface area contributed by atoms with Crippen molar-refractivity contribution in [3.63, 3.8) is 0 Å². The topological polar surface area (TPSA) is 17.1 Å². The molecule has 0 saturated heterocycles. The van der Waals surface area contributed by atoms with Crippen molar-refractivity contribution >= 4 is 29.1 Å². The van der Waals surface area contributed by atoms with Crippen LogP contribution in [0.2, 0.25) is 0 Å². The van der Waals surface area contributed by atoms with Crippen LogP contribution >= 0.6 is 23.4 Å². The molecule has 0 bridgehead atoms. The SMILES string of the molecule is CSc1cccc(C(Cl)C(=O)c2ccccc2F)c1. The van der Waals surface area contributed by atoms with E-state index in [9.17, 15) is 9.18 Å². The van der Waals surface area contributed by atoms with E-state index in [1.807, 2.05) is 24.5 Å². The molecule has 0 heterocycles. The summed E-state index contributed by atoms with van der Waals surface area (Å²) in [6.07, 6.45) is 1.95. The molecule has 1 unspecified atom stereocenters. The van der Waals surface area contributed by atoms with E-state index in [1.165, 1.54) is 12.1 Å². The maximum atomic E-state index is 13.6. The molecule has 0 N–H and O–H groups in total. The van der Waals surface area contributed by atoms with Gasteiger partial charge < -0.3 is 0 Å². The van der Waals surface area contributed by atoms with Crippen LogP contribution in [0, 0.1) is 5.82 Å². The summed E-state index contributed by atoms with van der Waals surface area (Å²) in [5.41, 5.74) is 0.707. The third-order valence-electron chi connectivity index (χ3n) is 2.76. The highest BCUT2D eigenvalue weighted by atomic mass is 35.5. The lowest BCUT2D eigenvalue weighted by Gasteiger charge is -2.10. The number of hydrogen-bond donors (Lipinski definition) is 0. The van der Waals surface area contributed by atoms with Gasteiger partial charge in [-0.2, -0.15) is 0 Å². The second kappa shape index (κ2) is 6.22. The Morgan fingerprint density at radius 2 is 1.95 bits per heavy atom. The number of hydrogen-bond acceptors (Lipinski definition) is 2. The molecule has 1 atom stereocenters. The number of benzene rings is 2. The van der Waals surface area contributed by atoms with E-state index in [1.54, 1.807) is 30.0 Å². The van der Waals surface area contributed by atoms with Gasteiger partial charge in [0.1, 0.15) is 11.2 Å². The number of thioether (sulfide) groups is 1. The van der Waals surface area contributed by atoms with Crippen molar-refractivity contribution in [3.05, 3.63) is 65.5 Å². The van der Waals surface area contributed by atoms with Crippen LogP contribution < -0.4 is 0 Å².